The van der Waals surface area contributed by atoms with Crippen LogP contribution in [0.4, 0.5) is 0 Å². The fraction of sp³-hybridized carbons (Fsp3) is 0.500. The Morgan fingerprint density at radius 3 is 0.552 bits per heavy atom. The molecule has 200 valence electrons. The van der Waals surface area contributed by atoms with Gasteiger partial charge in [0.2, 0.25) is 0 Å². The molecule has 0 aromatic heterocycles. The predicted molar refractivity (Wildman–Crippen MR) is 121 cm³/mol. The van der Waals surface area contributed by atoms with E-state index in [0.717, 1.165) is 13.8 Å². The Labute approximate surface area is 197 Å². The van der Waals surface area contributed by atoms with Crippen molar-refractivity contribution in [1.82, 2.24) is 49.2 Å². The normalized spacial score (nSPS) is 3.38. The largest absolute Gasteiger partial charge is 0.481 e. The smallest absolute Gasteiger partial charge is 0.300 e. The molecule has 0 aromatic rings. The average molecular weight is 565 g/mol. The summed E-state index contributed by atoms with van der Waals surface area (Å²) in [6, 6.07) is 0. The first-order chi connectivity index (χ1) is 6.93. The minimum absolute atomic E-state index is 0. The maximum Gasteiger partial charge on any atom is 0.300 e. The van der Waals surface area contributed by atoms with Crippen molar-refractivity contribution in [2.24, 2.45) is 0 Å². The molecule has 0 aliphatic carbocycles. The van der Waals surface area contributed by atoms with Gasteiger partial charge in [0.05, 0.1) is 0 Å². The molecule has 0 spiro atoms. The fourth-order valence-electron chi connectivity index (χ4n) is 0. The first-order valence-corrected chi connectivity index (χ1v) is 2.99. The number of carbonyl (C=O) groups is 2. The Kier molecular flexibility index (Phi) is 948. The van der Waals surface area contributed by atoms with Crippen LogP contribution in [0.5, 0.6) is 0 Å². The van der Waals surface area contributed by atoms with E-state index in [1.807, 2.05) is 0 Å². The van der Waals surface area contributed by atoms with Crippen molar-refractivity contribution in [3.63, 3.8) is 0 Å². The van der Waals surface area contributed by atoms with Crippen LogP contribution in [-0.2, 0) is 9.59 Å². The summed E-state index contributed by atoms with van der Waals surface area (Å²) in [5.41, 5.74) is 0. The number of hydrogen-bond donors (Lipinski definition) is 12. The lowest BCUT2D eigenvalue weighted by Crippen LogP contribution is -1.81. The highest BCUT2D eigenvalue weighted by Gasteiger charge is 1.66. The van der Waals surface area contributed by atoms with Crippen LogP contribution in [-0.4, -0.2) is 42.7 Å². The van der Waals surface area contributed by atoms with Crippen LogP contribution in [0.1, 0.15) is 13.8 Å². The van der Waals surface area contributed by atoms with Gasteiger partial charge in [0.15, 0.2) is 0 Å². The number of hydrogen-bond acceptors (Lipinski definition) is 14. The minimum atomic E-state index is -1.50. The van der Waals surface area contributed by atoms with E-state index in [9.17, 15) is 0 Å². The average Bonchev–Trinajstić information content (AvgIpc) is 1.76. The molecule has 20 nitrogen and oxygen atoms in total. The summed E-state index contributed by atoms with van der Waals surface area (Å²) < 4.78 is 0. The van der Waals surface area contributed by atoms with E-state index in [-0.39, 0.29) is 111 Å². The number of carboxylic acid groups (broad SMARTS) is 2. The molecular weight excluding hydrogens is 525 g/mol. The van der Waals surface area contributed by atoms with Gasteiger partial charge in [0.1, 0.15) is 0 Å². The van der Waals surface area contributed by atoms with E-state index in [4.69, 9.17) is 50.4 Å². The molecule has 0 amide bonds. The molecule has 0 aliphatic heterocycles. The van der Waals surface area contributed by atoms with E-state index in [0.29, 0.717) is 0 Å². The molecule has 0 aromatic carbocycles. The number of halogens is 5. The number of rotatable bonds is 0. The molecule has 0 rings (SSSR count). The Morgan fingerprint density at radius 2 is 0.552 bits per heavy atom. The maximum atomic E-state index is 9.00. The first-order valence-electron chi connectivity index (χ1n) is 2.99. The van der Waals surface area contributed by atoms with Crippen LogP contribution in [0, 0.1) is 20.2 Å². The standard InChI is InChI=1S/2C2H4O2.5ClH.2HNO3.8H3N/c2*1-2(3)4;;;;;;2*2-1(3)4;;;;;;;;/h2*1H3,(H,3,4);5*1H;2*(H,2,3,4);8*1H3. The summed E-state index contributed by atoms with van der Waals surface area (Å²) in [5, 5.41) is 42.1. The highest BCUT2D eigenvalue weighted by molar-refractivity contribution is 5.86. The van der Waals surface area contributed by atoms with Gasteiger partial charge in [-0.05, 0) is 0 Å². The molecule has 0 fully saturated rings. The summed E-state index contributed by atoms with van der Waals surface area (Å²) in [6.07, 6.45) is 0. The molecule has 0 atom stereocenters. The summed E-state index contributed by atoms with van der Waals surface area (Å²) in [5.74, 6) is -1.67. The van der Waals surface area contributed by atoms with Crippen LogP contribution in [0.25, 0.3) is 0 Å². The molecule has 28 N–H and O–H groups in total. The molecule has 0 aliphatic rings. The maximum absolute atomic E-state index is 9.00. The van der Waals surface area contributed by atoms with E-state index in [1.54, 1.807) is 0 Å². The summed E-state index contributed by atoms with van der Waals surface area (Å²) >= 11 is 0. The van der Waals surface area contributed by atoms with Gasteiger partial charge < -0.3 is 69.8 Å². The Hall–Kier alpha value is -1.53. The Morgan fingerprint density at radius 1 is 0.552 bits per heavy atom. The van der Waals surface area contributed by atoms with Crippen LogP contribution in [0.2, 0.25) is 0 Å². The topological polar surface area (TPSA) is 481 Å². The molecule has 0 unspecified atom stereocenters. The third-order valence-corrected chi connectivity index (χ3v) is 0. The number of nitrogens with zero attached hydrogens (tertiary/aromatic N) is 2. The van der Waals surface area contributed by atoms with Crippen LogP contribution in [0.3, 0.4) is 0 Å². The molecule has 0 heterocycles. The van der Waals surface area contributed by atoms with Gasteiger partial charge in [0.25, 0.3) is 22.1 Å². The van der Waals surface area contributed by atoms with E-state index in [1.165, 1.54) is 0 Å². The van der Waals surface area contributed by atoms with Crippen molar-refractivity contribution in [1.29, 1.82) is 0 Å². The van der Waals surface area contributed by atoms with Crippen LogP contribution >= 0.6 is 62.0 Å². The second kappa shape index (κ2) is 157. The van der Waals surface area contributed by atoms with Crippen molar-refractivity contribution in [2.75, 3.05) is 0 Å². The predicted octanol–water partition coefficient (Wildman–Crippen LogP) is 2.89. The zero-order valence-electron chi connectivity index (χ0n) is 15.8. The van der Waals surface area contributed by atoms with Gasteiger partial charge in [-0.15, -0.1) is 82.3 Å². The van der Waals surface area contributed by atoms with Gasteiger partial charge in [-0.25, -0.2) is 0 Å². The molecule has 25 heteroatoms. The van der Waals surface area contributed by atoms with Crippen molar-refractivity contribution < 1.29 is 40.4 Å². The zero-order chi connectivity index (χ0) is 14.3. The Bertz CT molecular complexity index is 195. The molecule has 0 radical (unpaired) electrons. The van der Waals surface area contributed by atoms with E-state index in [2.05, 4.69) is 0 Å². The molecule has 0 saturated carbocycles. The molecule has 29 heavy (non-hydrogen) atoms. The lowest BCUT2D eigenvalue weighted by molar-refractivity contribution is -0.742. The van der Waals surface area contributed by atoms with Gasteiger partial charge in [-0.3, -0.25) is 9.59 Å². The second-order valence-electron chi connectivity index (χ2n) is 1.51. The van der Waals surface area contributed by atoms with Crippen LogP contribution < -0.4 is 49.2 Å². The number of aliphatic carboxylic acids is 2. The van der Waals surface area contributed by atoms with Crippen molar-refractivity contribution in [3.05, 3.63) is 20.2 Å². The lowest BCUT2D eigenvalue weighted by atomic mass is 10.9. The third kappa shape index (κ3) is 6770. The summed E-state index contributed by atoms with van der Waals surface area (Å²) in [6.45, 7) is 2.17. The lowest BCUT2D eigenvalue weighted by Gasteiger charge is -1.59. The van der Waals surface area contributed by atoms with E-state index >= 15 is 0 Å². The van der Waals surface area contributed by atoms with Crippen molar-refractivity contribution in [2.45, 2.75) is 13.8 Å². The van der Waals surface area contributed by atoms with Gasteiger partial charge in [-0.2, -0.15) is 0 Å². The SMILES string of the molecule is CC(=O)O.CC(=O)O.Cl.Cl.Cl.Cl.Cl.N.N.N.N.N.N.N.N.O=[N+]([O-])O.O=[N+]([O-])O. The highest BCUT2D eigenvalue weighted by atomic mass is 35.5. The second-order valence-corrected chi connectivity index (χ2v) is 1.51. The summed E-state index contributed by atoms with van der Waals surface area (Å²) in [4.78, 5) is 34.7. The van der Waals surface area contributed by atoms with E-state index < -0.39 is 22.1 Å². The minimum Gasteiger partial charge on any atom is -0.481 e. The zero-order valence-corrected chi connectivity index (χ0v) is 19.9. The third-order valence-electron chi connectivity index (χ3n) is 0. The molecule has 0 bridgehead atoms. The molecule has 0 saturated heterocycles. The van der Waals surface area contributed by atoms with Gasteiger partial charge in [-0.1, -0.05) is 0 Å². The van der Waals surface area contributed by atoms with Crippen LogP contribution in [0.15, 0.2) is 0 Å². The summed E-state index contributed by atoms with van der Waals surface area (Å²) in [7, 11) is 0. The van der Waals surface area contributed by atoms with Gasteiger partial charge in [0, 0.05) is 13.8 Å². The fourth-order valence-corrected chi connectivity index (χ4v) is 0. The number of carboxylic acids is 2. The Balaban J connectivity index is -0.00000000384. The quantitative estimate of drug-likeness (QED) is 0.148. The highest BCUT2D eigenvalue weighted by Crippen LogP contribution is 1.42. The van der Waals surface area contributed by atoms with Crippen molar-refractivity contribution in [3.8, 4) is 0 Å². The monoisotopic (exact) mass is 562 g/mol. The first kappa shape index (κ1) is 176. The molecular formula is C4H39Cl5N10O10. The van der Waals surface area contributed by atoms with Gasteiger partial charge >= 0.3 is 0 Å². The van der Waals surface area contributed by atoms with Crippen molar-refractivity contribution >= 4 is 74.0 Å².